The molecule has 1 aliphatic heterocycles. The van der Waals surface area contributed by atoms with Crippen LogP contribution in [0, 0.1) is 6.92 Å². The monoisotopic (exact) mass is 465 g/mol. The molecule has 0 atom stereocenters. The summed E-state index contributed by atoms with van der Waals surface area (Å²) in [6.07, 6.45) is 6.99. The van der Waals surface area contributed by atoms with E-state index in [-0.39, 0.29) is 18.5 Å². The smallest absolute Gasteiger partial charge is 0.239 e. The molecule has 5 rings (SSSR count). The summed E-state index contributed by atoms with van der Waals surface area (Å²) in [4.78, 5) is 25.9. The Balaban J connectivity index is 1.10. The van der Waals surface area contributed by atoms with Crippen LogP contribution in [0.2, 0.25) is 0 Å². The van der Waals surface area contributed by atoms with Crippen LogP contribution >= 0.6 is 11.3 Å². The first-order valence-electron chi connectivity index (χ1n) is 11.6. The summed E-state index contributed by atoms with van der Waals surface area (Å²) in [5.74, 6) is 0.854. The van der Waals surface area contributed by atoms with Crippen molar-refractivity contribution >= 4 is 33.8 Å². The van der Waals surface area contributed by atoms with E-state index in [9.17, 15) is 9.90 Å². The van der Waals surface area contributed by atoms with Crippen LogP contribution in [0.5, 0.6) is 0 Å². The van der Waals surface area contributed by atoms with Crippen LogP contribution in [0.25, 0.3) is 10.8 Å². The first-order valence-corrected chi connectivity index (χ1v) is 12.5. The van der Waals surface area contributed by atoms with Gasteiger partial charge in [0.1, 0.15) is 16.4 Å². The predicted octanol–water partition coefficient (Wildman–Crippen LogP) is 3.07. The van der Waals surface area contributed by atoms with Gasteiger partial charge in [-0.3, -0.25) is 9.69 Å². The second-order valence-electron chi connectivity index (χ2n) is 9.53. The summed E-state index contributed by atoms with van der Waals surface area (Å²) in [5.41, 5.74) is 0.416. The summed E-state index contributed by atoms with van der Waals surface area (Å²) in [6.45, 7) is 4.10. The third-order valence-electron chi connectivity index (χ3n) is 7.05. The van der Waals surface area contributed by atoms with Gasteiger partial charge in [0.2, 0.25) is 5.91 Å². The molecule has 8 heteroatoms. The molecule has 1 aliphatic carbocycles. The van der Waals surface area contributed by atoms with Crippen LogP contribution in [0.3, 0.4) is 0 Å². The molecule has 3 aromatic rings. The molecule has 1 amide bonds. The van der Waals surface area contributed by atoms with Gasteiger partial charge in [-0.05, 0) is 50.1 Å². The first kappa shape index (κ1) is 22.3. The van der Waals surface area contributed by atoms with Crippen molar-refractivity contribution in [2.24, 2.45) is 0 Å². The minimum Gasteiger partial charge on any atom is -0.383 e. The molecule has 2 fully saturated rings. The van der Waals surface area contributed by atoms with Crippen molar-refractivity contribution in [3.8, 4) is 0 Å². The zero-order chi connectivity index (χ0) is 23.0. The fourth-order valence-corrected chi connectivity index (χ4v) is 5.94. The Labute approximate surface area is 198 Å². The molecule has 174 valence electrons. The van der Waals surface area contributed by atoms with E-state index in [1.54, 1.807) is 12.4 Å². The maximum Gasteiger partial charge on any atom is 0.239 e. The largest absolute Gasteiger partial charge is 0.383 e. The van der Waals surface area contributed by atoms with Gasteiger partial charge in [0.25, 0.3) is 0 Å². The van der Waals surface area contributed by atoms with Crippen molar-refractivity contribution in [1.82, 2.24) is 20.2 Å². The Bertz CT molecular complexity index is 1120. The lowest BCUT2D eigenvalue weighted by Gasteiger charge is -2.48. The highest BCUT2D eigenvalue weighted by Crippen LogP contribution is 2.40. The number of carbonyl (C=O) groups excluding carboxylic acids is 1. The van der Waals surface area contributed by atoms with E-state index < -0.39 is 5.60 Å². The lowest BCUT2D eigenvalue weighted by atomic mass is 9.81. The van der Waals surface area contributed by atoms with Gasteiger partial charge >= 0.3 is 0 Å². The summed E-state index contributed by atoms with van der Waals surface area (Å²) >= 11 is 1.54. The third-order valence-corrected chi connectivity index (χ3v) is 8.01. The molecule has 1 saturated heterocycles. The highest BCUT2D eigenvalue weighted by Gasteiger charge is 2.41. The zero-order valence-electron chi connectivity index (χ0n) is 19.2. The molecule has 3 heterocycles. The number of rotatable bonds is 6. The van der Waals surface area contributed by atoms with Crippen LogP contribution in [-0.2, 0) is 10.4 Å². The number of amides is 1. The normalized spacial score (nSPS) is 23.9. The zero-order valence-corrected chi connectivity index (χ0v) is 20.0. The highest BCUT2D eigenvalue weighted by molar-refractivity contribution is 7.09. The summed E-state index contributed by atoms with van der Waals surface area (Å²) in [5, 5.41) is 19.1. The number of thiazole rings is 1. The Morgan fingerprint density at radius 1 is 1.24 bits per heavy atom. The van der Waals surface area contributed by atoms with Crippen molar-refractivity contribution in [2.75, 3.05) is 31.6 Å². The summed E-state index contributed by atoms with van der Waals surface area (Å²) in [7, 11) is 1.92. The summed E-state index contributed by atoms with van der Waals surface area (Å²) < 4.78 is 0. The van der Waals surface area contributed by atoms with E-state index in [1.807, 2.05) is 23.4 Å². The van der Waals surface area contributed by atoms with Crippen LogP contribution < -0.4 is 10.2 Å². The Morgan fingerprint density at radius 2 is 2.03 bits per heavy atom. The quantitative estimate of drug-likeness (QED) is 0.582. The lowest BCUT2D eigenvalue weighted by Crippen LogP contribution is -2.63. The van der Waals surface area contributed by atoms with Crippen molar-refractivity contribution < 1.29 is 9.90 Å². The van der Waals surface area contributed by atoms with Gasteiger partial charge in [-0.2, -0.15) is 0 Å². The van der Waals surface area contributed by atoms with Gasteiger partial charge in [-0.15, -0.1) is 11.3 Å². The number of nitrogens with zero attached hydrogens (tertiary/aromatic N) is 4. The first-order chi connectivity index (χ1) is 15.9. The van der Waals surface area contributed by atoms with Gasteiger partial charge in [0, 0.05) is 49.3 Å². The molecule has 33 heavy (non-hydrogen) atoms. The number of hydrogen-bond donors (Lipinski definition) is 2. The molecule has 2 aromatic heterocycles. The maximum absolute atomic E-state index is 12.7. The summed E-state index contributed by atoms with van der Waals surface area (Å²) in [6, 6.07) is 8.97. The number of likely N-dealkylation sites (N-methyl/N-ethyl adjacent to an activating group) is 1. The van der Waals surface area contributed by atoms with Gasteiger partial charge in [-0.25, -0.2) is 9.97 Å². The number of aliphatic hydroxyl groups is 1. The topological polar surface area (TPSA) is 81.6 Å². The molecule has 7 nitrogen and oxygen atoms in total. The number of anilines is 1. The van der Waals surface area contributed by atoms with Gasteiger partial charge in [0.05, 0.1) is 12.6 Å². The van der Waals surface area contributed by atoms with E-state index in [2.05, 4.69) is 45.3 Å². The van der Waals surface area contributed by atoms with E-state index in [0.29, 0.717) is 6.04 Å². The molecule has 0 bridgehead atoms. The molecular weight excluding hydrogens is 434 g/mol. The molecular formula is C25H31N5O2S. The second-order valence-corrected chi connectivity index (χ2v) is 10.4. The minimum atomic E-state index is -0.762. The lowest BCUT2D eigenvalue weighted by molar-refractivity contribution is -0.122. The molecule has 0 unspecified atom stereocenters. The number of pyridine rings is 1. The van der Waals surface area contributed by atoms with Crippen molar-refractivity contribution in [3.05, 3.63) is 52.6 Å². The maximum atomic E-state index is 12.7. The Morgan fingerprint density at radius 3 is 2.76 bits per heavy atom. The van der Waals surface area contributed by atoms with Crippen molar-refractivity contribution in [2.45, 2.75) is 50.3 Å². The second kappa shape index (κ2) is 9.00. The van der Waals surface area contributed by atoms with Gasteiger partial charge < -0.3 is 15.3 Å². The number of benzene rings is 1. The Hall–Kier alpha value is -2.55. The third kappa shape index (κ3) is 4.60. The number of fused-ring (bicyclic) bond motifs is 1. The fourth-order valence-electron chi connectivity index (χ4n) is 5.15. The van der Waals surface area contributed by atoms with E-state index in [0.717, 1.165) is 60.4 Å². The number of nitrogens with one attached hydrogen (secondary N) is 1. The van der Waals surface area contributed by atoms with E-state index in [1.165, 1.54) is 16.9 Å². The molecule has 0 spiro atoms. The molecule has 2 aliphatic rings. The minimum absolute atomic E-state index is 0.0235. The Kier molecular flexibility index (Phi) is 6.07. The van der Waals surface area contributed by atoms with Crippen LogP contribution in [-0.4, -0.2) is 64.6 Å². The molecule has 1 saturated carbocycles. The van der Waals surface area contributed by atoms with Gasteiger partial charge in [0.15, 0.2) is 0 Å². The number of likely N-dealkylation sites (tertiary alicyclic amines) is 1. The number of hydrogen-bond acceptors (Lipinski definition) is 7. The molecule has 0 radical (unpaired) electrons. The number of aromatic nitrogens is 2. The average Bonchev–Trinajstić information content (AvgIpc) is 3.32. The number of aryl methyl sites for hydroxylation is 1. The molecule has 2 N–H and O–H groups in total. The van der Waals surface area contributed by atoms with Crippen LogP contribution in [0.4, 0.5) is 5.82 Å². The van der Waals surface area contributed by atoms with E-state index in [4.69, 9.17) is 0 Å². The SMILES string of the molecule is Cc1ccc2ccnc(N(C)CC(=O)NC3CN(C4CCC(O)(c5nccs5)CC4)C3)c2c1. The van der Waals surface area contributed by atoms with Crippen molar-refractivity contribution in [3.63, 3.8) is 0 Å². The average molecular weight is 466 g/mol. The standard InChI is InChI=1S/C25H31N5O2S/c1-17-3-4-18-7-10-26-23(21(18)13-17)29(2)16-22(31)28-19-14-30(15-19)20-5-8-25(32,9-6-20)24-27-11-12-33-24/h3-4,7,10-13,19-20,32H,5-6,8-9,14-16H2,1-2H3,(H,28,31). The van der Waals surface area contributed by atoms with Gasteiger partial charge in [-0.1, -0.05) is 17.7 Å². The predicted molar refractivity (Wildman–Crippen MR) is 132 cm³/mol. The van der Waals surface area contributed by atoms with Crippen LogP contribution in [0.15, 0.2) is 42.0 Å². The fraction of sp³-hybridized carbons (Fsp3) is 0.480. The van der Waals surface area contributed by atoms with E-state index >= 15 is 0 Å². The highest BCUT2D eigenvalue weighted by atomic mass is 32.1. The van der Waals surface area contributed by atoms with Crippen LogP contribution in [0.1, 0.15) is 36.3 Å². The van der Waals surface area contributed by atoms with Crippen molar-refractivity contribution in [1.29, 1.82) is 0 Å². The number of carbonyl (C=O) groups is 1. The molecule has 1 aromatic carbocycles.